The summed E-state index contributed by atoms with van der Waals surface area (Å²) < 4.78 is 1.55. The zero-order valence-corrected chi connectivity index (χ0v) is 8.16. The summed E-state index contributed by atoms with van der Waals surface area (Å²) in [6, 6.07) is 0. The summed E-state index contributed by atoms with van der Waals surface area (Å²) in [5.41, 5.74) is 0.983. The minimum Gasteiger partial charge on any atom is -0.292 e. The molecule has 0 bridgehead atoms. The predicted octanol–water partition coefficient (Wildman–Crippen LogP) is 0.0305. The Morgan fingerprint density at radius 1 is 1.47 bits per heavy atom. The third-order valence-electron chi connectivity index (χ3n) is 1.84. The van der Waals surface area contributed by atoms with E-state index >= 15 is 0 Å². The predicted molar refractivity (Wildman–Crippen MR) is 51.1 cm³/mol. The molecule has 0 aromatic carbocycles. The highest BCUT2D eigenvalue weighted by molar-refractivity contribution is 5.95. The Labute approximate surface area is 86.0 Å². The Balaban J connectivity index is 2.11. The van der Waals surface area contributed by atoms with Crippen LogP contribution >= 0.6 is 0 Å². The number of hydrogen-bond acceptors (Lipinski definition) is 5. The van der Waals surface area contributed by atoms with Crippen molar-refractivity contribution in [3.05, 3.63) is 36.2 Å². The first-order valence-corrected chi connectivity index (χ1v) is 4.40. The van der Waals surface area contributed by atoms with Crippen LogP contribution in [0.15, 0.2) is 24.8 Å². The van der Waals surface area contributed by atoms with Gasteiger partial charge in [0, 0.05) is 25.6 Å². The van der Waals surface area contributed by atoms with Crippen LogP contribution in [0.25, 0.3) is 0 Å². The molecule has 6 nitrogen and oxygen atoms in total. The Kier molecular flexibility index (Phi) is 2.49. The van der Waals surface area contributed by atoms with E-state index in [0.29, 0.717) is 11.4 Å². The monoisotopic (exact) mass is 203 g/mol. The lowest BCUT2D eigenvalue weighted by Gasteiger charge is -1.95. The Morgan fingerprint density at radius 3 is 2.93 bits per heavy atom. The van der Waals surface area contributed by atoms with E-state index in [0.717, 1.165) is 0 Å². The van der Waals surface area contributed by atoms with Gasteiger partial charge in [0.2, 0.25) is 0 Å². The summed E-state index contributed by atoms with van der Waals surface area (Å²) in [5, 5.41) is 7.57. The van der Waals surface area contributed by atoms with Crippen LogP contribution < -0.4 is 0 Å². The van der Waals surface area contributed by atoms with Crippen molar-refractivity contribution in [3.8, 4) is 0 Å². The van der Waals surface area contributed by atoms with Crippen molar-refractivity contribution < 1.29 is 4.79 Å². The summed E-state index contributed by atoms with van der Waals surface area (Å²) in [4.78, 5) is 19.4. The number of aromatic nitrogens is 5. The molecule has 0 saturated heterocycles. The molecule has 0 fully saturated rings. The molecule has 0 N–H and O–H groups in total. The number of nitrogens with zero attached hydrogens (tertiary/aromatic N) is 5. The molecule has 6 heteroatoms. The first-order chi connectivity index (χ1) is 7.25. The molecule has 76 valence electrons. The Hall–Kier alpha value is -2.11. The summed E-state index contributed by atoms with van der Waals surface area (Å²) in [5.74, 6) is -0.108. The quantitative estimate of drug-likeness (QED) is 0.658. The molecule has 0 saturated carbocycles. The highest BCUT2D eigenvalue weighted by Gasteiger charge is 2.10. The van der Waals surface area contributed by atoms with E-state index in [1.165, 1.54) is 18.6 Å². The van der Waals surface area contributed by atoms with E-state index in [4.69, 9.17) is 0 Å². The molecule has 2 heterocycles. The van der Waals surface area contributed by atoms with Crippen molar-refractivity contribution in [2.75, 3.05) is 0 Å². The summed E-state index contributed by atoms with van der Waals surface area (Å²) in [7, 11) is 1.75. The number of carbonyl (C=O) groups excluding carboxylic acids is 1. The van der Waals surface area contributed by atoms with E-state index < -0.39 is 0 Å². The van der Waals surface area contributed by atoms with Crippen LogP contribution in [0, 0.1) is 0 Å². The van der Waals surface area contributed by atoms with Gasteiger partial charge in [-0.25, -0.2) is 4.98 Å². The van der Waals surface area contributed by atoms with Crippen molar-refractivity contribution in [2.45, 2.75) is 6.42 Å². The Bertz CT molecular complexity index is 464. The number of ketones is 1. The second kappa shape index (κ2) is 3.95. The second-order valence-electron chi connectivity index (χ2n) is 3.07. The summed E-state index contributed by atoms with van der Waals surface area (Å²) in [6.07, 6.45) is 6.36. The van der Waals surface area contributed by atoms with Gasteiger partial charge in [-0.3, -0.25) is 14.5 Å². The van der Waals surface area contributed by atoms with Crippen LogP contribution in [-0.2, 0) is 13.5 Å². The lowest BCUT2D eigenvalue weighted by Crippen LogP contribution is -2.06. The van der Waals surface area contributed by atoms with Gasteiger partial charge in [-0.2, -0.15) is 0 Å². The van der Waals surface area contributed by atoms with Crippen LogP contribution in [0.2, 0.25) is 0 Å². The van der Waals surface area contributed by atoms with Crippen LogP contribution in [0.3, 0.4) is 0 Å². The van der Waals surface area contributed by atoms with E-state index in [1.54, 1.807) is 17.9 Å². The van der Waals surface area contributed by atoms with Crippen molar-refractivity contribution in [3.63, 3.8) is 0 Å². The number of carbonyl (C=O) groups is 1. The minimum absolute atomic E-state index is 0.108. The van der Waals surface area contributed by atoms with E-state index in [2.05, 4.69) is 20.3 Å². The Morgan fingerprint density at radius 2 is 2.33 bits per heavy atom. The highest BCUT2D eigenvalue weighted by Crippen LogP contribution is 2.00. The third-order valence-corrected chi connectivity index (χ3v) is 1.84. The van der Waals surface area contributed by atoms with Gasteiger partial charge in [0.25, 0.3) is 0 Å². The maximum absolute atomic E-state index is 11.6. The van der Waals surface area contributed by atoms with E-state index in [-0.39, 0.29) is 12.2 Å². The second-order valence-corrected chi connectivity index (χ2v) is 3.07. The molecule has 2 aromatic heterocycles. The zero-order chi connectivity index (χ0) is 10.7. The molecule has 2 rings (SSSR count). The van der Waals surface area contributed by atoms with Crippen LogP contribution in [0.1, 0.15) is 16.2 Å². The first-order valence-electron chi connectivity index (χ1n) is 4.40. The lowest BCUT2D eigenvalue weighted by molar-refractivity contribution is 0.0986. The standard InChI is InChI=1S/C9H9N5O/c1-14-6-7(12-13-14)4-9(15)8-5-10-2-3-11-8/h2-3,5-6H,4H2,1H3. The normalized spacial score (nSPS) is 10.2. The molecule has 2 aromatic rings. The van der Waals surface area contributed by atoms with E-state index in [9.17, 15) is 4.79 Å². The fourth-order valence-corrected chi connectivity index (χ4v) is 1.17. The largest absolute Gasteiger partial charge is 0.292 e. The first kappa shape index (κ1) is 9.45. The van der Waals surface area contributed by atoms with Crippen molar-refractivity contribution in [1.82, 2.24) is 25.0 Å². The average molecular weight is 203 g/mol. The van der Waals surface area contributed by atoms with Crippen molar-refractivity contribution in [2.24, 2.45) is 7.05 Å². The molecule has 0 atom stereocenters. The van der Waals surface area contributed by atoms with Gasteiger partial charge in [0.05, 0.1) is 18.3 Å². The average Bonchev–Trinajstić information content (AvgIpc) is 2.65. The van der Waals surface area contributed by atoms with Crippen LogP contribution in [-0.4, -0.2) is 30.7 Å². The molecule has 0 aliphatic carbocycles. The van der Waals surface area contributed by atoms with Crippen LogP contribution in [0.4, 0.5) is 0 Å². The lowest BCUT2D eigenvalue weighted by atomic mass is 10.2. The smallest absolute Gasteiger partial charge is 0.188 e. The molecule has 0 radical (unpaired) electrons. The third kappa shape index (κ3) is 2.22. The van der Waals surface area contributed by atoms with Crippen molar-refractivity contribution in [1.29, 1.82) is 0 Å². The van der Waals surface area contributed by atoms with Gasteiger partial charge in [-0.15, -0.1) is 5.10 Å². The molecule has 0 spiro atoms. The summed E-state index contributed by atoms with van der Waals surface area (Å²) >= 11 is 0. The molecule has 0 unspecified atom stereocenters. The molecule has 0 amide bonds. The molecule has 0 aliphatic rings. The number of Topliss-reactive ketones (excluding diaryl/α,β-unsaturated/α-hetero) is 1. The highest BCUT2D eigenvalue weighted by atomic mass is 16.1. The molecule has 0 aliphatic heterocycles. The van der Waals surface area contributed by atoms with Gasteiger partial charge in [0.15, 0.2) is 5.78 Å². The topological polar surface area (TPSA) is 73.6 Å². The van der Waals surface area contributed by atoms with Crippen molar-refractivity contribution >= 4 is 5.78 Å². The maximum Gasteiger partial charge on any atom is 0.188 e. The van der Waals surface area contributed by atoms with Crippen LogP contribution in [0.5, 0.6) is 0 Å². The van der Waals surface area contributed by atoms with Gasteiger partial charge < -0.3 is 0 Å². The number of rotatable bonds is 3. The molecular formula is C9H9N5O. The van der Waals surface area contributed by atoms with Gasteiger partial charge in [0.1, 0.15) is 5.69 Å². The van der Waals surface area contributed by atoms with Gasteiger partial charge >= 0.3 is 0 Å². The van der Waals surface area contributed by atoms with Gasteiger partial charge in [-0.1, -0.05) is 5.21 Å². The number of hydrogen-bond donors (Lipinski definition) is 0. The molecule has 15 heavy (non-hydrogen) atoms. The number of aryl methyl sites for hydroxylation is 1. The fraction of sp³-hybridized carbons (Fsp3) is 0.222. The maximum atomic E-state index is 11.6. The van der Waals surface area contributed by atoms with E-state index in [1.807, 2.05) is 0 Å². The van der Waals surface area contributed by atoms with Gasteiger partial charge in [-0.05, 0) is 0 Å². The molecular weight excluding hydrogens is 194 g/mol. The fourth-order valence-electron chi connectivity index (χ4n) is 1.17. The minimum atomic E-state index is -0.108. The zero-order valence-electron chi connectivity index (χ0n) is 8.16. The SMILES string of the molecule is Cn1cc(CC(=O)c2cnccn2)nn1. The summed E-state index contributed by atoms with van der Waals surface area (Å²) in [6.45, 7) is 0.